The van der Waals surface area contributed by atoms with Crippen LogP contribution in [0, 0.1) is 11.8 Å². The van der Waals surface area contributed by atoms with Gasteiger partial charge in [0.25, 0.3) is 0 Å². The van der Waals surface area contributed by atoms with Crippen LogP contribution in [0.3, 0.4) is 0 Å². The Labute approximate surface area is 198 Å². The topological polar surface area (TPSA) is 53.1 Å². The quantitative estimate of drug-likeness (QED) is 0.453. The van der Waals surface area contributed by atoms with Gasteiger partial charge in [-0.05, 0) is 86.6 Å². The van der Waals surface area contributed by atoms with E-state index in [0.29, 0.717) is 25.0 Å². The van der Waals surface area contributed by atoms with Gasteiger partial charge in [-0.15, -0.1) is 0 Å². The molecule has 1 aliphatic carbocycles. The van der Waals surface area contributed by atoms with E-state index in [0.717, 1.165) is 35.5 Å². The lowest BCUT2D eigenvalue weighted by molar-refractivity contribution is -0.137. The van der Waals surface area contributed by atoms with Gasteiger partial charge in [-0.2, -0.15) is 18.2 Å². The van der Waals surface area contributed by atoms with Gasteiger partial charge in [-0.3, -0.25) is 4.72 Å². The number of nitrogens with one attached hydrogen (secondary N) is 2. The molecule has 1 aromatic carbocycles. The van der Waals surface area contributed by atoms with Crippen LogP contribution in [0.15, 0.2) is 35.4 Å². The van der Waals surface area contributed by atoms with Crippen LogP contribution in [0.25, 0.3) is 0 Å². The molecule has 1 unspecified atom stereocenters. The summed E-state index contributed by atoms with van der Waals surface area (Å²) < 4.78 is 44.3. The third kappa shape index (κ3) is 6.53. The van der Waals surface area contributed by atoms with Gasteiger partial charge < -0.3 is 10.2 Å². The Balaban J connectivity index is 1.42. The average molecular weight is 480 g/mol. The van der Waals surface area contributed by atoms with Crippen molar-refractivity contribution in [3.8, 4) is 0 Å². The van der Waals surface area contributed by atoms with Gasteiger partial charge in [0.2, 0.25) is 5.95 Å². The molecule has 180 valence electrons. The predicted octanol–water partition coefficient (Wildman–Crippen LogP) is 6.65. The Morgan fingerprint density at radius 1 is 1.00 bits per heavy atom. The standard InChI is InChI=1S/C24H32F3N5S/c1-16-5-7-19(8-6-16)31-33-20-11-9-18(10-12-20)29-23-28-14-21(24(25,26)27)22(30-23)32-13-3-4-17(2)15-32/h9-12,14,16-17,19,31H,3-8,13,15H2,1-2H3,(H,28,29,30). The zero-order valence-corrected chi connectivity index (χ0v) is 20.0. The first-order valence-corrected chi connectivity index (χ1v) is 12.6. The molecular formula is C24H32F3N5S. The van der Waals surface area contributed by atoms with Crippen molar-refractivity contribution in [3.63, 3.8) is 0 Å². The van der Waals surface area contributed by atoms with Crippen molar-refractivity contribution in [3.05, 3.63) is 36.0 Å². The third-order valence-electron chi connectivity index (χ3n) is 6.50. The van der Waals surface area contributed by atoms with E-state index in [-0.39, 0.29) is 11.8 Å². The van der Waals surface area contributed by atoms with Crippen LogP contribution in [0.2, 0.25) is 0 Å². The zero-order chi connectivity index (χ0) is 23.4. The minimum Gasteiger partial charge on any atom is -0.356 e. The summed E-state index contributed by atoms with van der Waals surface area (Å²) in [5.74, 6) is 1.29. The van der Waals surface area contributed by atoms with Gasteiger partial charge in [0, 0.05) is 35.9 Å². The summed E-state index contributed by atoms with van der Waals surface area (Å²) in [7, 11) is 0. The number of aromatic nitrogens is 2. The molecule has 2 aromatic rings. The van der Waals surface area contributed by atoms with Gasteiger partial charge in [-0.25, -0.2) is 4.98 Å². The lowest BCUT2D eigenvalue weighted by Gasteiger charge is -2.33. The highest BCUT2D eigenvalue weighted by molar-refractivity contribution is 7.97. The van der Waals surface area contributed by atoms with Crippen LogP contribution >= 0.6 is 11.9 Å². The van der Waals surface area contributed by atoms with Crippen LogP contribution in [-0.2, 0) is 6.18 Å². The van der Waals surface area contributed by atoms with E-state index in [4.69, 9.17) is 0 Å². The molecule has 1 aliphatic heterocycles. The highest BCUT2D eigenvalue weighted by Crippen LogP contribution is 2.37. The molecule has 1 atom stereocenters. The van der Waals surface area contributed by atoms with Crippen LogP contribution < -0.4 is 14.9 Å². The van der Waals surface area contributed by atoms with Gasteiger partial charge in [0.15, 0.2) is 0 Å². The van der Waals surface area contributed by atoms with Crippen molar-refractivity contribution in [2.24, 2.45) is 11.8 Å². The SMILES string of the molecule is CC1CCC(NSc2ccc(Nc3ncc(C(F)(F)F)c(N4CCCC(C)C4)n3)cc2)CC1. The second-order valence-corrected chi connectivity index (χ2v) is 10.4. The second-order valence-electron chi connectivity index (χ2n) is 9.45. The van der Waals surface area contributed by atoms with E-state index in [9.17, 15) is 13.2 Å². The monoisotopic (exact) mass is 479 g/mol. The van der Waals surface area contributed by atoms with E-state index in [1.54, 1.807) is 16.8 Å². The first-order valence-electron chi connectivity index (χ1n) is 11.8. The molecule has 5 nitrogen and oxygen atoms in total. The fraction of sp³-hybridized carbons (Fsp3) is 0.583. The first kappa shape index (κ1) is 24.1. The maximum atomic E-state index is 13.6. The summed E-state index contributed by atoms with van der Waals surface area (Å²) in [6.07, 6.45) is 3.23. The van der Waals surface area contributed by atoms with Crippen molar-refractivity contribution >= 4 is 29.4 Å². The average Bonchev–Trinajstić information content (AvgIpc) is 2.79. The maximum absolute atomic E-state index is 13.6. The molecule has 0 radical (unpaired) electrons. The summed E-state index contributed by atoms with van der Waals surface area (Å²) in [4.78, 5) is 11.1. The van der Waals surface area contributed by atoms with Gasteiger partial charge in [0.05, 0.1) is 0 Å². The Bertz CT molecular complexity index is 913. The maximum Gasteiger partial charge on any atom is 0.421 e. The second kappa shape index (κ2) is 10.5. The highest BCUT2D eigenvalue weighted by Gasteiger charge is 2.37. The third-order valence-corrected chi connectivity index (χ3v) is 7.46. The number of hydrogen-bond acceptors (Lipinski definition) is 6. The van der Waals surface area contributed by atoms with E-state index in [2.05, 4.69) is 33.9 Å². The molecule has 0 spiro atoms. The number of rotatable bonds is 6. The number of nitrogens with zero attached hydrogens (tertiary/aromatic N) is 3. The smallest absolute Gasteiger partial charge is 0.356 e. The van der Waals surface area contributed by atoms with Crippen LogP contribution in [-0.4, -0.2) is 29.1 Å². The number of benzene rings is 1. The summed E-state index contributed by atoms with van der Waals surface area (Å²) >= 11 is 1.63. The molecule has 33 heavy (non-hydrogen) atoms. The van der Waals surface area contributed by atoms with Crippen molar-refractivity contribution in [1.29, 1.82) is 0 Å². The Morgan fingerprint density at radius 2 is 1.73 bits per heavy atom. The normalized spacial score (nSPS) is 24.0. The van der Waals surface area contributed by atoms with Gasteiger partial charge >= 0.3 is 6.18 Å². The van der Waals surface area contributed by atoms with Crippen LogP contribution in [0.5, 0.6) is 0 Å². The molecule has 9 heteroatoms. The molecule has 1 aromatic heterocycles. The fourth-order valence-corrected chi connectivity index (χ4v) is 5.33. The number of alkyl halides is 3. The number of anilines is 3. The first-order chi connectivity index (χ1) is 15.8. The largest absolute Gasteiger partial charge is 0.421 e. The molecule has 2 heterocycles. The lowest BCUT2D eigenvalue weighted by Crippen LogP contribution is -2.36. The molecule has 0 bridgehead atoms. The van der Waals surface area contributed by atoms with Crippen molar-refractivity contribution in [1.82, 2.24) is 14.7 Å². The Kier molecular flexibility index (Phi) is 7.69. The lowest BCUT2D eigenvalue weighted by atomic mass is 9.88. The molecule has 1 saturated carbocycles. The van der Waals surface area contributed by atoms with Gasteiger partial charge in [0.1, 0.15) is 11.4 Å². The van der Waals surface area contributed by atoms with E-state index in [1.165, 1.54) is 25.7 Å². The Hall–Kier alpha value is -2.00. The van der Waals surface area contributed by atoms with E-state index >= 15 is 0 Å². The van der Waals surface area contributed by atoms with Gasteiger partial charge in [-0.1, -0.05) is 13.8 Å². The van der Waals surface area contributed by atoms with Crippen LogP contribution in [0.1, 0.15) is 57.9 Å². The summed E-state index contributed by atoms with van der Waals surface area (Å²) in [6.45, 7) is 5.51. The van der Waals surface area contributed by atoms with Crippen molar-refractivity contribution in [2.75, 3.05) is 23.3 Å². The summed E-state index contributed by atoms with van der Waals surface area (Å²) in [6, 6.07) is 8.32. The minimum atomic E-state index is -4.49. The molecule has 2 fully saturated rings. The van der Waals surface area contributed by atoms with Crippen LogP contribution in [0.4, 0.5) is 30.6 Å². The predicted molar refractivity (Wildman–Crippen MR) is 128 cm³/mol. The zero-order valence-electron chi connectivity index (χ0n) is 19.2. The molecule has 2 aliphatic rings. The van der Waals surface area contributed by atoms with Crippen molar-refractivity contribution < 1.29 is 13.2 Å². The molecular weight excluding hydrogens is 447 g/mol. The number of halogens is 3. The molecule has 2 N–H and O–H groups in total. The minimum absolute atomic E-state index is 0.0373. The summed E-state index contributed by atoms with van der Waals surface area (Å²) in [5.41, 5.74) is -0.0411. The highest BCUT2D eigenvalue weighted by atomic mass is 32.2. The Morgan fingerprint density at radius 3 is 2.39 bits per heavy atom. The van der Waals surface area contributed by atoms with Crippen molar-refractivity contribution in [2.45, 2.75) is 69.5 Å². The fourth-order valence-electron chi connectivity index (χ4n) is 4.52. The summed E-state index contributed by atoms with van der Waals surface area (Å²) in [5, 5.41) is 3.06. The molecule has 4 rings (SSSR count). The number of piperidine rings is 1. The van der Waals surface area contributed by atoms with E-state index < -0.39 is 11.7 Å². The van der Waals surface area contributed by atoms with E-state index in [1.807, 2.05) is 24.3 Å². The number of hydrogen-bond donors (Lipinski definition) is 2. The molecule has 0 amide bonds. The molecule has 1 saturated heterocycles.